The highest BCUT2D eigenvalue weighted by Crippen LogP contribution is 2.28. The molecule has 4 aromatic heterocycles. The van der Waals surface area contributed by atoms with E-state index < -0.39 is 0 Å². The van der Waals surface area contributed by atoms with Crippen molar-refractivity contribution >= 4 is 112 Å². The number of nitrogen functional groups attached to an aromatic ring is 2. The molecule has 4 aliphatic heterocycles. The van der Waals surface area contributed by atoms with E-state index in [2.05, 4.69) is 203 Å². The lowest BCUT2D eigenvalue weighted by Gasteiger charge is -2.32. The Balaban J connectivity index is 0.000000155. The van der Waals surface area contributed by atoms with Crippen LogP contribution in [0.25, 0.3) is 22.5 Å². The number of ether oxygens (including phenoxy) is 1. The number of likely N-dealkylation sites (N-methyl/N-ethyl adjacent to an activating group) is 4. The first-order valence-electron chi connectivity index (χ1n) is 42.5. The van der Waals surface area contributed by atoms with Crippen LogP contribution in [-0.2, 0) is 42.3 Å². The molecule has 4 aliphatic rings. The summed E-state index contributed by atoms with van der Waals surface area (Å²) in [7, 11) is 8.65. The predicted molar refractivity (Wildman–Crippen MR) is 522 cm³/mol. The molecule has 662 valence electrons. The number of benzene rings is 8. The van der Waals surface area contributed by atoms with Crippen LogP contribution in [0.15, 0.2) is 257 Å². The maximum absolute atomic E-state index is 12.9. The third-order valence-electron chi connectivity index (χ3n) is 22.0. The number of carbonyl (C=O) groups excluding carboxylic acids is 4. The molecule has 0 atom stereocenters. The van der Waals surface area contributed by atoms with E-state index in [-0.39, 0.29) is 23.7 Å². The second kappa shape index (κ2) is 49.7. The third-order valence-corrected chi connectivity index (χ3v) is 24.6. The number of rotatable bonds is 21. The molecule has 4 saturated heterocycles. The topological polar surface area (TPSA) is 281 Å². The van der Waals surface area contributed by atoms with Crippen molar-refractivity contribution in [1.29, 1.82) is 0 Å². The molecule has 0 radical (unpaired) electrons. The smallest absolute Gasteiger partial charge is 0.293 e. The number of anilines is 7. The summed E-state index contributed by atoms with van der Waals surface area (Å²) in [5.74, 6) is 0.449. The number of amides is 3. The number of nitrogens with one attached hydrogen (secondary N) is 4. The van der Waals surface area contributed by atoms with Gasteiger partial charge in [-0.2, -0.15) is 0 Å². The molecule has 8 aromatic carbocycles. The van der Waals surface area contributed by atoms with Gasteiger partial charge in [-0.3, -0.25) is 48.7 Å². The minimum atomic E-state index is -0.143. The van der Waals surface area contributed by atoms with Crippen molar-refractivity contribution in [2.45, 2.75) is 60.5 Å². The zero-order valence-electron chi connectivity index (χ0n) is 73.6. The number of carbonyl (C=O) groups is 4. The Hall–Kier alpha value is -11.4. The fourth-order valence-corrected chi connectivity index (χ4v) is 15.0. The molecule has 16 rings (SSSR count). The number of nitrogens with zero attached hydrogens (tertiary/aromatic N) is 14. The van der Waals surface area contributed by atoms with Crippen molar-refractivity contribution in [3.8, 4) is 22.5 Å². The van der Waals surface area contributed by atoms with E-state index in [0.29, 0.717) is 41.4 Å². The van der Waals surface area contributed by atoms with Gasteiger partial charge in [0.05, 0.1) is 11.4 Å². The summed E-state index contributed by atoms with van der Waals surface area (Å²) >= 11 is 10.4. The lowest BCUT2D eigenvalue weighted by Crippen LogP contribution is -2.43. The summed E-state index contributed by atoms with van der Waals surface area (Å²) in [5.41, 5.74) is 30.9. The van der Waals surface area contributed by atoms with E-state index in [1.54, 1.807) is 43.2 Å². The van der Waals surface area contributed by atoms with Crippen molar-refractivity contribution in [2.75, 3.05) is 166 Å². The van der Waals surface area contributed by atoms with E-state index in [9.17, 15) is 19.2 Å². The summed E-state index contributed by atoms with van der Waals surface area (Å²) in [4.78, 5) is 92.1. The Labute approximate surface area is 772 Å². The van der Waals surface area contributed by atoms with E-state index in [1.807, 2.05) is 191 Å². The number of nitrogens with two attached hydrogens (primary N) is 2. The normalized spacial score (nSPS) is 14.6. The Bertz CT molecular complexity index is 5340. The first-order chi connectivity index (χ1) is 61.4. The Kier molecular flexibility index (Phi) is 37.6. The molecule has 12 aromatic rings. The highest BCUT2D eigenvalue weighted by Gasteiger charge is 2.20. The quantitative estimate of drug-likeness (QED) is 0.0288. The SMILES string of the molecule is CN1CCN(Cc2ccc(COC=O)cc2)CC1.Cc1ccc(N)cc1Br.Cc1ccc(NC(=O)c2ccc(CN3CCN(C)CC3)cc2)cc1Br.Cc1ccc(NC(=O)c2ccc(CN3CCN(C)CC3)cc2)cc1Br.Cc1ccc(NC(=O)c2ccc(CN3CCN(C)CC3)cc2)cc1Nc1nccc(-c2cccnc2)n1.Nc1nccc(-c2cccnc2)n1. The number of piperazine rings is 4. The highest BCUT2D eigenvalue weighted by molar-refractivity contribution is 9.11. The maximum Gasteiger partial charge on any atom is 0.293 e. The van der Waals surface area contributed by atoms with Gasteiger partial charge in [0.1, 0.15) is 6.61 Å². The molecule has 0 unspecified atom stereocenters. The molecular formula is C99H115Br3N20O5. The van der Waals surface area contributed by atoms with Gasteiger partial charge >= 0.3 is 0 Å². The van der Waals surface area contributed by atoms with Crippen molar-refractivity contribution < 1.29 is 23.9 Å². The molecule has 8 heterocycles. The van der Waals surface area contributed by atoms with Gasteiger partial charge < -0.3 is 57.1 Å². The molecule has 3 amide bonds. The van der Waals surface area contributed by atoms with Crippen LogP contribution >= 0.6 is 47.8 Å². The van der Waals surface area contributed by atoms with Crippen molar-refractivity contribution in [2.24, 2.45) is 0 Å². The summed E-state index contributed by atoms with van der Waals surface area (Å²) in [6.07, 6.45) is 10.3. The third kappa shape index (κ3) is 32.2. The predicted octanol–water partition coefficient (Wildman–Crippen LogP) is 16.7. The lowest BCUT2D eigenvalue weighted by molar-refractivity contribution is -0.129. The second-order valence-electron chi connectivity index (χ2n) is 32.1. The van der Waals surface area contributed by atoms with Gasteiger partial charge in [0.15, 0.2) is 0 Å². The number of halogens is 3. The van der Waals surface area contributed by atoms with Gasteiger partial charge in [-0.1, -0.05) is 133 Å². The summed E-state index contributed by atoms with van der Waals surface area (Å²) < 4.78 is 7.78. The molecule has 0 bridgehead atoms. The Morgan fingerprint density at radius 1 is 0.386 bits per heavy atom. The van der Waals surface area contributed by atoms with Gasteiger partial charge in [-0.15, -0.1) is 0 Å². The first-order valence-corrected chi connectivity index (χ1v) is 44.9. The Morgan fingerprint density at radius 3 is 1.07 bits per heavy atom. The largest absolute Gasteiger partial charge is 0.463 e. The lowest BCUT2D eigenvalue weighted by atomic mass is 10.1. The molecule has 8 N–H and O–H groups in total. The van der Waals surface area contributed by atoms with Gasteiger partial charge in [0.2, 0.25) is 11.9 Å². The highest BCUT2D eigenvalue weighted by atomic mass is 79.9. The summed E-state index contributed by atoms with van der Waals surface area (Å²) in [6, 6.07) is 66.4. The fraction of sp³-hybridized carbons (Fsp3) is 0.293. The molecule has 25 nitrogen and oxygen atoms in total. The molecule has 127 heavy (non-hydrogen) atoms. The standard InChI is InChI=1S/C29H31N7O.2C20H24BrN3O.C14H20N2O2.C9H8N4.C7H8BrN/c1-21-5-10-25(18-27(21)34-29-31-13-11-26(33-29)24-4-3-12-30-19-24)32-28(37)23-8-6-22(7-9-23)20-36-16-14-35(2)15-17-36;2*1-15-3-8-18(13-19(15)21)22-20(25)17-6-4-16(5-7-17)14-24-11-9-23(2)10-12-24;1-15-6-8-16(9-7-15)10-13-2-4-14(5-3-13)11-18-12-17;10-9-12-5-3-8(13-9)7-2-1-4-11-6-7;1-5-2-3-6(9)4-7(5)8/h3-13,18-19H,14-17,20H2,1-2H3,(H,32,37)(H,31,33,34);2*3-8,13H,9-12,14H2,1-2H3,(H,22,25);2-5,12H,6-11H2,1H3;1-6H,(H2,10,12,13);2-4H,9H2,1H3. The number of aromatic nitrogens is 6. The first kappa shape index (κ1) is 96.3. The van der Waals surface area contributed by atoms with Crippen LogP contribution in [0.5, 0.6) is 0 Å². The number of pyridine rings is 2. The molecule has 0 spiro atoms. The van der Waals surface area contributed by atoms with Gasteiger partial charge in [0.25, 0.3) is 24.2 Å². The molecule has 4 fully saturated rings. The fourth-order valence-electron chi connectivity index (χ4n) is 13.9. The van der Waals surface area contributed by atoms with Gasteiger partial charge in [0, 0.05) is 238 Å². The van der Waals surface area contributed by atoms with Crippen LogP contribution < -0.4 is 32.7 Å². The van der Waals surface area contributed by atoms with Crippen LogP contribution in [0.4, 0.5) is 40.3 Å². The van der Waals surface area contributed by atoms with Crippen LogP contribution in [0, 0.1) is 27.7 Å². The van der Waals surface area contributed by atoms with E-state index in [1.165, 1.54) is 27.8 Å². The summed E-state index contributed by atoms with van der Waals surface area (Å²) in [6.45, 7) is 30.5. The van der Waals surface area contributed by atoms with Crippen LogP contribution in [-0.4, -0.2) is 226 Å². The average molecular weight is 1900 g/mol. The Morgan fingerprint density at radius 2 is 0.724 bits per heavy atom. The molecule has 0 aliphatic carbocycles. The van der Waals surface area contributed by atoms with E-state index >= 15 is 0 Å². The molecular weight excluding hydrogens is 1790 g/mol. The zero-order valence-corrected chi connectivity index (χ0v) is 78.4. The number of aryl methyl sites for hydroxylation is 4. The van der Waals surface area contributed by atoms with Crippen molar-refractivity contribution in [3.05, 3.63) is 324 Å². The van der Waals surface area contributed by atoms with E-state index in [0.717, 1.165) is 212 Å². The second-order valence-corrected chi connectivity index (χ2v) is 34.7. The number of hydrogen-bond acceptors (Lipinski definition) is 22. The molecule has 0 saturated carbocycles. The van der Waals surface area contributed by atoms with Gasteiger partial charge in [-0.25, -0.2) is 19.9 Å². The van der Waals surface area contributed by atoms with Crippen molar-refractivity contribution in [1.82, 2.24) is 69.1 Å². The van der Waals surface area contributed by atoms with Crippen LogP contribution in [0.3, 0.4) is 0 Å². The average Bonchev–Trinajstić information content (AvgIpc) is 0.824. The van der Waals surface area contributed by atoms with Crippen molar-refractivity contribution in [3.63, 3.8) is 0 Å². The molecule has 28 heteroatoms. The monoisotopic (exact) mass is 1900 g/mol. The zero-order chi connectivity index (χ0) is 90.0. The summed E-state index contributed by atoms with van der Waals surface area (Å²) in [5, 5.41) is 12.2. The minimum absolute atomic E-state index is 0.0816. The van der Waals surface area contributed by atoms with Crippen LogP contribution in [0.2, 0.25) is 0 Å². The van der Waals surface area contributed by atoms with E-state index in [4.69, 9.17) is 16.2 Å². The minimum Gasteiger partial charge on any atom is -0.463 e. The van der Waals surface area contributed by atoms with Crippen LogP contribution in [0.1, 0.15) is 81.1 Å². The number of hydrogen-bond donors (Lipinski definition) is 6. The van der Waals surface area contributed by atoms with Gasteiger partial charge in [-0.05, 0) is 227 Å². The maximum atomic E-state index is 12.9.